The number of benzene rings is 2. The summed E-state index contributed by atoms with van der Waals surface area (Å²) in [7, 11) is 1.53. The minimum absolute atomic E-state index is 0.124. The fraction of sp³-hybridized carbons (Fsp3) is 0.308. The fourth-order valence-corrected chi connectivity index (χ4v) is 3.50. The molecule has 8 heteroatoms. The summed E-state index contributed by atoms with van der Waals surface area (Å²) in [4.78, 5) is 29.6. The predicted molar refractivity (Wildman–Crippen MR) is 128 cm³/mol. The van der Waals surface area contributed by atoms with Crippen molar-refractivity contribution in [3.05, 3.63) is 84.1 Å². The van der Waals surface area contributed by atoms with Gasteiger partial charge in [0.2, 0.25) is 5.91 Å². The van der Waals surface area contributed by atoms with E-state index in [1.165, 1.54) is 24.1 Å². The molecule has 2 aromatic carbocycles. The Balaban J connectivity index is 1.77. The third-order valence-electron chi connectivity index (χ3n) is 5.11. The molecule has 1 aromatic heterocycles. The predicted octanol–water partition coefficient (Wildman–Crippen LogP) is 5.15. The highest BCUT2D eigenvalue weighted by molar-refractivity contribution is 5.93. The van der Waals surface area contributed by atoms with Gasteiger partial charge < -0.3 is 24.3 Å². The lowest BCUT2D eigenvalue weighted by Crippen LogP contribution is -2.45. The van der Waals surface area contributed by atoms with Crippen LogP contribution in [0.5, 0.6) is 5.75 Å². The summed E-state index contributed by atoms with van der Waals surface area (Å²) in [6.45, 7) is 4.70. The number of hydrogen-bond donors (Lipinski definition) is 1. The van der Waals surface area contributed by atoms with E-state index in [9.17, 15) is 14.0 Å². The molecule has 7 nitrogen and oxygen atoms in total. The number of amides is 3. The van der Waals surface area contributed by atoms with Crippen LogP contribution >= 0.6 is 0 Å². The molecule has 0 aliphatic heterocycles. The third-order valence-corrected chi connectivity index (χ3v) is 5.11. The molecule has 3 amide bonds. The monoisotopic (exact) mass is 467 g/mol. The van der Waals surface area contributed by atoms with Crippen LogP contribution in [0.25, 0.3) is 0 Å². The molecule has 0 radical (unpaired) electrons. The van der Waals surface area contributed by atoms with Crippen LogP contribution in [0.15, 0.2) is 71.3 Å². The zero-order valence-electron chi connectivity index (χ0n) is 19.7. The lowest BCUT2D eigenvalue weighted by molar-refractivity contribution is -0.133. The Hall–Kier alpha value is -3.81. The van der Waals surface area contributed by atoms with Crippen molar-refractivity contribution in [1.29, 1.82) is 0 Å². The number of urea groups is 1. The highest BCUT2D eigenvalue weighted by atomic mass is 19.1. The Morgan fingerprint density at radius 2 is 1.74 bits per heavy atom. The summed E-state index contributed by atoms with van der Waals surface area (Å²) in [6.07, 6.45) is 1.54. The molecule has 3 rings (SSSR count). The molecular formula is C26H30FN3O4. The number of carbonyl (C=O) groups excluding carboxylic acids is 2. The number of nitrogens with one attached hydrogen (secondary N) is 1. The van der Waals surface area contributed by atoms with E-state index in [0.29, 0.717) is 23.7 Å². The maximum atomic E-state index is 13.4. The molecule has 3 aromatic rings. The van der Waals surface area contributed by atoms with Crippen LogP contribution in [0.1, 0.15) is 25.2 Å². The van der Waals surface area contributed by atoms with E-state index >= 15 is 0 Å². The van der Waals surface area contributed by atoms with Crippen LogP contribution in [0.2, 0.25) is 0 Å². The van der Waals surface area contributed by atoms with Gasteiger partial charge in [0.25, 0.3) is 0 Å². The van der Waals surface area contributed by atoms with Crippen molar-refractivity contribution in [2.24, 2.45) is 5.92 Å². The van der Waals surface area contributed by atoms with Gasteiger partial charge in [-0.2, -0.15) is 0 Å². The second-order valence-electron chi connectivity index (χ2n) is 8.36. The van der Waals surface area contributed by atoms with Crippen LogP contribution in [0.3, 0.4) is 0 Å². The standard InChI is InChI=1S/C26H30FN3O4/c1-19(2)15-30(26(32)28-23-8-4-5-9-24(23)33-3)18-25(31)29(17-22-7-6-14-34-22)16-20-10-12-21(27)13-11-20/h4-14,19H,15-18H2,1-3H3,(H,28,32). The van der Waals surface area contributed by atoms with Crippen molar-refractivity contribution in [3.8, 4) is 5.75 Å². The molecule has 0 saturated heterocycles. The van der Waals surface area contributed by atoms with Gasteiger partial charge >= 0.3 is 6.03 Å². The average molecular weight is 468 g/mol. The van der Waals surface area contributed by atoms with Gasteiger partial charge in [-0.1, -0.05) is 38.1 Å². The van der Waals surface area contributed by atoms with Crippen LogP contribution in [-0.4, -0.2) is 41.9 Å². The first-order valence-electron chi connectivity index (χ1n) is 11.1. The number of para-hydroxylation sites is 2. The van der Waals surface area contributed by atoms with Gasteiger partial charge in [-0.15, -0.1) is 0 Å². The van der Waals surface area contributed by atoms with E-state index in [-0.39, 0.29) is 37.3 Å². The highest BCUT2D eigenvalue weighted by Crippen LogP contribution is 2.23. The smallest absolute Gasteiger partial charge is 0.322 e. The summed E-state index contributed by atoms with van der Waals surface area (Å²) >= 11 is 0. The van der Waals surface area contributed by atoms with Crippen LogP contribution in [0.4, 0.5) is 14.9 Å². The quantitative estimate of drug-likeness (QED) is 0.448. The Morgan fingerprint density at radius 1 is 1.00 bits per heavy atom. The van der Waals surface area contributed by atoms with E-state index < -0.39 is 6.03 Å². The van der Waals surface area contributed by atoms with Gasteiger partial charge in [-0.25, -0.2) is 9.18 Å². The number of furan rings is 1. The first-order chi connectivity index (χ1) is 16.4. The van der Waals surface area contributed by atoms with Gasteiger partial charge in [0.1, 0.15) is 23.9 Å². The highest BCUT2D eigenvalue weighted by Gasteiger charge is 2.24. The SMILES string of the molecule is COc1ccccc1NC(=O)N(CC(=O)N(Cc1ccc(F)cc1)Cc1ccco1)CC(C)C. The zero-order valence-corrected chi connectivity index (χ0v) is 19.7. The zero-order chi connectivity index (χ0) is 24.5. The molecule has 0 saturated carbocycles. The maximum Gasteiger partial charge on any atom is 0.322 e. The molecular weight excluding hydrogens is 437 g/mol. The van der Waals surface area contributed by atoms with Crippen molar-refractivity contribution < 1.29 is 23.1 Å². The lowest BCUT2D eigenvalue weighted by atomic mass is 10.2. The molecule has 1 N–H and O–H groups in total. The molecule has 0 atom stereocenters. The van der Waals surface area contributed by atoms with E-state index in [1.54, 1.807) is 53.6 Å². The van der Waals surface area contributed by atoms with Crippen molar-refractivity contribution >= 4 is 17.6 Å². The van der Waals surface area contributed by atoms with Gasteiger partial charge in [-0.05, 0) is 47.9 Å². The molecule has 0 fully saturated rings. The number of ether oxygens (including phenoxy) is 1. The number of hydrogen-bond acceptors (Lipinski definition) is 4. The van der Waals surface area contributed by atoms with Crippen LogP contribution in [0, 0.1) is 11.7 Å². The summed E-state index contributed by atoms with van der Waals surface area (Å²) in [5.74, 6) is 0.693. The van der Waals surface area contributed by atoms with Crippen molar-refractivity contribution in [2.75, 3.05) is 25.5 Å². The Labute approximate surface area is 199 Å². The number of nitrogens with zero attached hydrogens (tertiary/aromatic N) is 2. The molecule has 0 unspecified atom stereocenters. The first-order valence-corrected chi connectivity index (χ1v) is 11.1. The minimum atomic E-state index is -0.397. The number of methoxy groups -OCH3 is 1. The Kier molecular flexibility index (Phi) is 8.67. The molecule has 0 aliphatic rings. The molecule has 34 heavy (non-hydrogen) atoms. The van der Waals surface area contributed by atoms with E-state index in [2.05, 4.69) is 5.32 Å². The van der Waals surface area contributed by atoms with Crippen LogP contribution < -0.4 is 10.1 Å². The van der Waals surface area contributed by atoms with E-state index in [0.717, 1.165) is 5.56 Å². The van der Waals surface area contributed by atoms with Gasteiger partial charge in [0.15, 0.2) is 0 Å². The molecule has 180 valence electrons. The molecule has 0 spiro atoms. The lowest BCUT2D eigenvalue weighted by Gasteiger charge is -2.28. The minimum Gasteiger partial charge on any atom is -0.495 e. The number of carbonyl (C=O) groups is 2. The number of rotatable bonds is 10. The number of halogens is 1. The topological polar surface area (TPSA) is 75.0 Å². The van der Waals surface area contributed by atoms with Gasteiger partial charge in [-0.3, -0.25) is 4.79 Å². The second-order valence-corrected chi connectivity index (χ2v) is 8.36. The molecule has 1 heterocycles. The summed E-state index contributed by atoms with van der Waals surface area (Å²) < 4.78 is 24.1. The van der Waals surface area contributed by atoms with Gasteiger partial charge in [0.05, 0.1) is 25.6 Å². The Bertz CT molecular complexity index is 1070. The number of anilines is 1. The summed E-state index contributed by atoms with van der Waals surface area (Å²) in [5.41, 5.74) is 1.30. The third kappa shape index (κ3) is 7.10. The second kappa shape index (κ2) is 11.9. The fourth-order valence-electron chi connectivity index (χ4n) is 3.50. The maximum absolute atomic E-state index is 13.4. The largest absolute Gasteiger partial charge is 0.495 e. The van der Waals surface area contributed by atoms with Crippen molar-refractivity contribution in [1.82, 2.24) is 9.80 Å². The van der Waals surface area contributed by atoms with Gasteiger partial charge in [0, 0.05) is 13.1 Å². The van der Waals surface area contributed by atoms with Crippen molar-refractivity contribution in [3.63, 3.8) is 0 Å². The van der Waals surface area contributed by atoms with E-state index in [1.807, 2.05) is 19.9 Å². The van der Waals surface area contributed by atoms with E-state index in [4.69, 9.17) is 9.15 Å². The van der Waals surface area contributed by atoms with Crippen LogP contribution in [-0.2, 0) is 17.9 Å². The summed E-state index contributed by atoms with van der Waals surface area (Å²) in [6, 6.07) is 16.2. The Morgan fingerprint density at radius 3 is 2.38 bits per heavy atom. The summed E-state index contributed by atoms with van der Waals surface area (Å²) in [5, 5.41) is 2.84. The normalized spacial score (nSPS) is 10.7. The average Bonchev–Trinajstić information content (AvgIpc) is 3.33. The molecule has 0 aliphatic carbocycles. The van der Waals surface area contributed by atoms with Crippen molar-refractivity contribution in [2.45, 2.75) is 26.9 Å². The first kappa shape index (κ1) is 24.8. The molecule has 0 bridgehead atoms.